The Morgan fingerprint density at radius 2 is 1.94 bits per heavy atom. The smallest absolute Gasteiger partial charge is 0.190 e. The van der Waals surface area contributed by atoms with E-state index in [1.807, 2.05) is 7.05 Å². The van der Waals surface area contributed by atoms with Gasteiger partial charge in [-0.15, -0.1) is 0 Å². The number of guanidine groups is 1. The number of nitrogens with zero attached hydrogens (tertiary/aromatic N) is 1. The second-order valence-electron chi connectivity index (χ2n) is 5.09. The van der Waals surface area contributed by atoms with Crippen molar-refractivity contribution in [3.05, 3.63) is 0 Å². The molecule has 0 spiro atoms. The van der Waals surface area contributed by atoms with Crippen molar-refractivity contribution in [2.45, 2.75) is 57.7 Å². The van der Waals surface area contributed by atoms with E-state index < -0.39 is 0 Å². The van der Waals surface area contributed by atoms with Gasteiger partial charge in [-0.1, -0.05) is 19.3 Å². The number of rotatable bonds is 4. The summed E-state index contributed by atoms with van der Waals surface area (Å²) in [6.45, 7) is 5.07. The molecule has 1 aliphatic rings. The Bertz CT molecular complexity index is 245. The van der Waals surface area contributed by atoms with Crippen LogP contribution in [0.15, 0.2) is 4.99 Å². The number of ether oxygens (including phenoxy) is 1. The molecule has 100 valence electrons. The summed E-state index contributed by atoms with van der Waals surface area (Å²) in [7, 11) is 3.67. The Labute approximate surface area is 105 Å². The molecule has 0 amide bonds. The summed E-state index contributed by atoms with van der Waals surface area (Å²) >= 11 is 0. The third-order valence-corrected chi connectivity index (χ3v) is 3.29. The van der Waals surface area contributed by atoms with Crippen LogP contribution in [0.2, 0.25) is 0 Å². The first-order valence-electron chi connectivity index (χ1n) is 6.68. The highest BCUT2D eigenvalue weighted by atomic mass is 16.5. The molecule has 0 aromatic heterocycles. The van der Waals surface area contributed by atoms with Crippen molar-refractivity contribution in [2.75, 3.05) is 20.6 Å². The van der Waals surface area contributed by atoms with Gasteiger partial charge >= 0.3 is 0 Å². The maximum Gasteiger partial charge on any atom is 0.190 e. The molecule has 0 unspecified atom stereocenters. The summed E-state index contributed by atoms with van der Waals surface area (Å²) in [5, 5.41) is 6.39. The van der Waals surface area contributed by atoms with Crippen LogP contribution in [0.1, 0.15) is 46.0 Å². The van der Waals surface area contributed by atoms with Crippen LogP contribution in [0.5, 0.6) is 0 Å². The van der Waals surface area contributed by atoms with Gasteiger partial charge in [0, 0.05) is 20.6 Å². The van der Waals surface area contributed by atoms with Gasteiger partial charge in [-0.2, -0.15) is 0 Å². The highest BCUT2D eigenvalue weighted by Crippen LogP contribution is 2.32. The summed E-state index contributed by atoms with van der Waals surface area (Å²) in [5.41, 5.74) is -0.000787. The standard InChI is InChI=1S/C13H27N3O/c1-11(2)17-13(8-6-5-7-9-13)10-16-12(14-3)15-4/h11H,5-10H2,1-4H3,(H2,14,15,16). The lowest BCUT2D eigenvalue weighted by Gasteiger charge is -2.39. The Kier molecular flexibility index (Phi) is 5.75. The first kappa shape index (κ1) is 14.3. The second-order valence-corrected chi connectivity index (χ2v) is 5.09. The minimum Gasteiger partial charge on any atom is -0.371 e. The van der Waals surface area contributed by atoms with E-state index >= 15 is 0 Å². The van der Waals surface area contributed by atoms with Crippen LogP contribution in [0.3, 0.4) is 0 Å². The molecule has 2 N–H and O–H groups in total. The molecule has 4 heteroatoms. The number of aliphatic imine (C=N–C) groups is 1. The molecule has 0 aromatic carbocycles. The minimum absolute atomic E-state index is 0.000787. The van der Waals surface area contributed by atoms with E-state index in [0.717, 1.165) is 25.3 Å². The molecular formula is C13H27N3O. The average molecular weight is 241 g/mol. The number of hydrogen-bond donors (Lipinski definition) is 2. The fourth-order valence-corrected chi connectivity index (χ4v) is 2.56. The van der Waals surface area contributed by atoms with Gasteiger partial charge in [-0.25, -0.2) is 0 Å². The summed E-state index contributed by atoms with van der Waals surface area (Å²) in [4.78, 5) is 4.14. The van der Waals surface area contributed by atoms with Crippen molar-refractivity contribution in [1.82, 2.24) is 10.6 Å². The highest BCUT2D eigenvalue weighted by Gasteiger charge is 2.33. The van der Waals surface area contributed by atoms with Crippen LogP contribution in [0.4, 0.5) is 0 Å². The van der Waals surface area contributed by atoms with Gasteiger partial charge in [0.25, 0.3) is 0 Å². The predicted octanol–water partition coefficient (Wildman–Crippen LogP) is 1.91. The lowest BCUT2D eigenvalue weighted by molar-refractivity contribution is -0.0969. The predicted molar refractivity (Wildman–Crippen MR) is 72.5 cm³/mol. The van der Waals surface area contributed by atoms with E-state index in [4.69, 9.17) is 4.74 Å². The molecular weight excluding hydrogens is 214 g/mol. The van der Waals surface area contributed by atoms with Crippen LogP contribution in [-0.2, 0) is 4.74 Å². The zero-order chi connectivity index (χ0) is 12.7. The molecule has 0 heterocycles. The number of nitrogens with one attached hydrogen (secondary N) is 2. The van der Waals surface area contributed by atoms with E-state index in [1.165, 1.54) is 19.3 Å². The zero-order valence-electron chi connectivity index (χ0n) is 11.7. The van der Waals surface area contributed by atoms with Gasteiger partial charge in [0.05, 0.1) is 11.7 Å². The Morgan fingerprint density at radius 3 is 2.41 bits per heavy atom. The first-order chi connectivity index (χ1) is 8.12. The van der Waals surface area contributed by atoms with Gasteiger partial charge < -0.3 is 15.4 Å². The molecule has 0 radical (unpaired) electrons. The third-order valence-electron chi connectivity index (χ3n) is 3.29. The van der Waals surface area contributed by atoms with Gasteiger partial charge in [0.15, 0.2) is 5.96 Å². The van der Waals surface area contributed by atoms with E-state index in [1.54, 1.807) is 7.05 Å². The Balaban J connectivity index is 2.57. The molecule has 0 aromatic rings. The maximum atomic E-state index is 6.17. The van der Waals surface area contributed by atoms with E-state index in [9.17, 15) is 0 Å². The molecule has 1 rings (SSSR count). The average Bonchev–Trinajstić information content (AvgIpc) is 2.30. The van der Waals surface area contributed by atoms with Crippen LogP contribution in [0, 0.1) is 0 Å². The van der Waals surface area contributed by atoms with E-state index in [0.29, 0.717) is 0 Å². The number of hydrogen-bond acceptors (Lipinski definition) is 2. The summed E-state index contributed by atoms with van der Waals surface area (Å²) in [5.74, 6) is 0.835. The van der Waals surface area contributed by atoms with Gasteiger partial charge in [0.1, 0.15) is 0 Å². The van der Waals surface area contributed by atoms with Crippen molar-refractivity contribution in [2.24, 2.45) is 4.99 Å². The summed E-state index contributed by atoms with van der Waals surface area (Å²) in [6, 6.07) is 0. The highest BCUT2D eigenvalue weighted by molar-refractivity contribution is 5.79. The molecule has 0 bridgehead atoms. The summed E-state index contributed by atoms with van der Waals surface area (Å²) in [6.07, 6.45) is 6.47. The molecule has 17 heavy (non-hydrogen) atoms. The second kappa shape index (κ2) is 6.84. The topological polar surface area (TPSA) is 45.7 Å². The summed E-state index contributed by atoms with van der Waals surface area (Å²) < 4.78 is 6.17. The van der Waals surface area contributed by atoms with Crippen LogP contribution in [-0.4, -0.2) is 38.3 Å². The molecule has 1 aliphatic carbocycles. The van der Waals surface area contributed by atoms with Gasteiger partial charge in [-0.05, 0) is 26.7 Å². The van der Waals surface area contributed by atoms with Crippen molar-refractivity contribution in [3.8, 4) is 0 Å². The minimum atomic E-state index is -0.000787. The molecule has 0 aliphatic heterocycles. The Hall–Kier alpha value is -0.770. The fourth-order valence-electron chi connectivity index (χ4n) is 2.56. The quantitative estimate of drug-likeness (QED) is 0.584. The fraction of sp³-hybridized carbons (Fsp3) is 0.923. The van der Waals surface area contributed by atoms with Crippen molar-refractivity contribution < 1.29 is 4.74 Å². The third kappa shape index (κ3) is 4.54. The lowest BCUT2D eigenvalue weighted by atomic mass is 9.84. The first-order valence-corrected chi connectivity index (χ1v) is 6.68. The van der Waals surface area contributed by atoms with Crippen molar-refractivity contribution in [3.63, 3.8) is 0 Å². The van der Waals surface area contributed by atoms with Crippen molar-refractivity contribution >= 4 is 5.96 Å². The molecule has 0 saturated heterocycles. The molecule has 1 fully saturated rings. The molecule has 1 saturated carbocycles. The maximum absolute atomic E-state index is 6.17. The molecule has 4 nitrogen and oxygen atoms in total. The SMILES string of the molecule is CN=C(NC)NCC1(OC(C)C)CCCCC1. The lowest BCUT2D eigenvalue weighted by Crippen LogP contribution is -2.49. The van der Waals surface area contributed by atoms with Crippen LogP contribution >= 0.6 is 0 Å². The Morgan fingerprint density at radius 1 is 1.29 bits per heavy atom. The van der Waals surface area contributed by atoms with E-state index in [2.05, 4.69) is 29.5 Å². The van der Waals surface area contributed by atoms with Crippen LogP contribution < -0.4 is 10.6 Å². The largest absolute Gasteiger partial charge is 0.371 e. The molecule has 0 atom stereocenters. The van der Waals surface area contributed by atoms with E-state index in [-0.39, 0.29) is 11.7 Å². The monoisotopic (exact) mass is 241 g/mol. The normalized spacial score (nSPS) is 20.4. The van der Waals surface area contributed by atoms with Gasteiger partial charge in [-0.3, -0.25) is 4.99 Å². The zero-order valence-corrected chi connectivity index (χ0v) is 11.7. The van der Waals surface area contributed by atoms with Crippen LogP contribution in [0.25, 0.3) is 0 Å². The van der Waals surface area contributed by atoms with Gasteiger partial charge in [0.2, 0.25) is 0 Å². The van der Waals surface area contributed by atoms with Crippen molar-refractivity contribution in [1.29, 1.82) is 0 Å².